The van der Waals surface area contributed by atoms with E-state index >= 15 is 0 Å². The molecule has 0 atom stereocenters. The molecule has 2 rings (SSSR count). The number of carbonyl (C=O) groups is 1. The molecule has 2 aromatic rings. The monoisotopic (exact) mass is 298 g/mol. The molecule has 4 heteroatoms. The highest BCUT2D eigenvalue weighted by Crippen LogP contribution is 2.17. The first-order valence-electron chi connectivity index (χ1n) is 7.28. The van der Waals surface area contributed by atoms with E-state index in [1.165, 1.54) is 5.56 Å². The summed E-state index contributed by atoms with van der Waals surface area (Å²) in [5, 5.41) is 5.52. The number of hydrogen-bond donors (Lipinski definition) is 2. The quantitative estimate of drug-likeness (QED) is 0.836. The van der Waals surface area contributed by atoms with E-state index in [9.17, 15) is 4.79 Å². The molecule has 0 bridgehead atoms. The second kappa shape index (κ2) is 6.98. The maximum atomic E-state index is 11.9. The molecule has 2 aromatic carbocycles. The van der Waals surface area contributed by atoms with Crippen molar-refractivity contribution in [3.63, 3.8) is 0 Å². The Hall–Kier alpha value is -2.49. The molecule has 0 aliphatic heterocycles. The van der Waals surface area contributed by atoms with Gasteiger partial charge < -0.3 is 15.4 Å². The van der Waals surface area contributed by atoms with Gasteiger partial charge in [-0.25, -0.2) is 4.79 Å². The van der Waals surface area contributed by atoms with Crippen molar-refractivity contribution >= 4 is 11.7 Å². The van der Waals surface area contributed by atoms with Crippen LogP contribution >= 0.6 is 0 Å². The highest BCUT2D eigenvalue weighted by Gasteiger charge is 2.04. The standard InChI is InChI=1S/C18H22N2O2/c1-12-5-6-14(3)17(9-12)20-18(21)19-11-22-16-8-7-13(2)15(4)10-16/h5-10H,11H2,1-4H3,(H2,19,20,21). The number of amides is 2. The van der Waals surface area contributed by atoms with Gasteiger partial charge in [0, 0.05) is 5.69 Å². The predicted molar refractivity (Wildman–Crippen MR) is 89.5 cm³/mol. The van der Waals surface area contributed by atoms with Crippen molar-refractivity contribution in [1.29, 1.82) is 0 Å². The lowest BCUT2D eigenvalue weighted by Gasteiger charge is -2.12. The smallest absolute Gasteiger partial charge is 0.321 e. The Bertz CT molecular complexity index is 681. The van der Waals surface area contributed by atoms with Crippen molar-refractivity contribution < 1.29 is 9.53 Å². The lowest BCUT2D eigenvalue weighted by atomic mass is 10.1. The van der Waals surface area contributed by atoms with Gasteiger partial charge in [0.15, 0.2) is 6.73 Å². The average molecular weight is 298 g/mol. The Morgan fingerprint density at radius 1 is 0.955 bits per heavy atom. The molecule has 2 N–H and O–H groups in total. The fourth-order valence-electron chi connectivity index (χ4n) is 2.03. The van der Waals surface area contributed by atoms with Gasteiger partial charge in [0.1, 0.15) is 5.75 Å². The minimum atomic E-state index is -0.280. The topological polar surface area (TPSA) is 50.4 Å². The van der Waals surface area contributed by atoms with Crippen molar-refractivity contribution in [2.24, 2.45) is 0 Å². The molecule has 0 aromatic heterocycles. The normalized spacial score (nSPS) is 10.2. The van der Waals surface area contributed by atoms with E-state index < -0.39 is 0 Å². The Morgan fingerprint density at radius 2 is 1.68 bits per heavy atom. The number of anilines is 1. The molecular formula is C18H22N2O2. The van der Waals surface area contributed by atoms with Crippen LogP contribution in [0, 0.1) is 27.7 Å². The van der Waals surface area contributed by atoms with Crippen molar-refractivity contribution in [2.75, 3.05) is 12.0 Å². The number of nitrogens with one attached hydrogen (secondary N) is 2. The molecule has 0 spiro atoms. The molecule has 116 valence electrons. The summed E-state index contributed by atoms with van der Waals surface area (Å²) in [6.45, 7) is 8.16. The minimum Gasteiger partial charge on any atom is -0.473 e. The van der Waals surface area contributed by atoms with Crippen molar-refractivity contribution in [2.45, 2.75) is 27.7 Å². The fraction of sp³-hybridized carbons (Fsp3) is 0.278. The second-order valence-electron chi connectivity index (χ2n) is 5.48. The molecule has 0 unspecified atom stereocenters. The first-order valence-corrected chi connectivity index (χ1v) is 7.28. The summed E-state index contributed by atoms with van der Waals surface area (Å²) < 4.78 is 5.53. The molecular weight excluding hydrogens is 276 g/mol. The van der Waals surface area contributed by atoms with Gasteiger partial charge in [0.25, 0.3) is 0 Å². The molecule has 0 heterocycles. The molecule has 0 saturated heterocycles. The van der Waals surface area contributed by atoms with E-state index in [2.05, 4.69) is 17.6 Å². The van der Waals surface area contributed by atoms with E-state index in [0.29, 0.717) is 0 Å². The zero-order chi connectivity index (χ0) is 16.1. The fourth-order valence-corrected chi connectivity index (χ4v) is 2.03. The summed E-state index contributed by atoms with van der Waals surface area (Å²) in [6, 6.07) is 11.5. The van der Waals surface area contributed by atoms with E-state index in [0.717, 1.165) is 28.1 Å². The Balaban J connectivity index is 1.85. The number of aryl methyl sites for hydroxylation is 4. The van der Waals surface area contributed by atoms with Crippen LogP contribution in [0.1, 0.15) is 22.3 Å². The van der Waals surface area contributed by atoms with Crippen LogP contribution in [0.3, 0.4) is 0 Å². The molecule has 0 radical (unpaired) electrons. The van der Waals surface area contributed by atoms with Crippen molar-refractivity contribution in [3.8, 4) is 5.75 Å². The largest absolute Gasteiger partial charge is 0.473 e. The Kier molecular flexibility index (Phi) is 5.04. The van der Waals surface area contributed by atoms with Crippen LogP contribution in [0.25, 0.3) is 0 Å². The highest BCUT2D eigenvalue weighted by molar-refractivity contribution is 5.90. The minimum absolute atomic E-state index is 0.124. The van der Waals surface area contributed by atoms with Crippen molar-refractivity contribution in [3.05, 3.63) is 58.7 Å². The third kappa shape index (κ3) is 4.25. The second-order valence-corrected chi connectivity index (χ2v) is 5.48. The number of ether oxygens (including phenoxy) is 1. The molecule has 4 nitrogen and oxygen atoms in total. The van der Waals surface area contributed by atoms with Crippen LogP contribution in [0.15, 0.2) is 36.4 Å². The predicted octanol–water partition coefficient (Wildman–Crippen LogP) is 4.08. The van der Waals surface area contributed by atoms with Crippen LogP contribution < -0.4 is 15.4 Å². The highest BCUT2D eigenvalue weighted by atomic mass is 16.5. The van der Waals surface area contributed by atoms with Gasteiger partial charge >= 0.3 is 6.03 Å². The van der Waals surface area contributed by atoms with Crippen LogP contribution in [0.2, 0.25) is 0 Å². The lowest BCUT2D eigenvalue weighted by Crippen LogP contribution is -2.32. The van der Waals surface area contributed by atoms with Gasteiger partial charge in [-0.15, -0.1) is 0 Å². The number of rotatable bonds is 4. The van der Waals surface area contributed by atoms with Crippen LogP contribution in [0.5, 0.6) is 5.75 Å². The van der Waals surface area contributed by atoms with E-state index in [4.69, 9.17) is 4.74 Å². The molecule has 0 aliphatic carbocycles. The van der Waals surface area contributed by atoms with Crippen LogP contribution in [0.4, 0.5) is 10.5 Å². The summed E-state index contributed by atoms with van der Waals surface area (Å²) in [5.74, 6) is 0.745. The summed E-state index contributed by atoms with van der Waals surface area (Å²) in [6.07, 6.45) is 0. The number of carbonyl (C=O) groups excluding carboxylic acids is 1. The molecule has 2 amide bonds. The van der Waals surface area contributed by atoms with E-state index in [1.54, 1.807) is 0 Å². The van der Waals surface area contributed by atoms with Crippen molar-refractivity contribution in [1.82, 2.24) is 5.32 Å². The zero-order valence-electron chi connectivity index (χ0n) is 13.5. The maximum absolute atomic E-state index is 11.9. The van der Waals surface area contributed by atoms with Gasteiger partial charge in [-0.2, -0.15) is 0 Å². The Morgan fingerprint density at radius 3 is 2.41 bits per heavy atom. The Labute approximate surface area is 131 Å². The van der Waals surface area contributed by atoms with Gasteiger partial charge in [0.2, 0.25) is 0 Å². The van der Waals surface area contributed by atoms with Gasteiger partial charge in [-0.05, 0) is 68.1 Å². The molecule has 22 heavy (non-hydrogen) atoms. The summed E-state index contributed by atoms with van der Waals surface area (Å²) in [4.78, 5) is 11.9. The van der Waals surface area contributed by atoms with E-state index in [1.807, 2.05) is 57.2 Å². The zero-order valence-corrected chi connectivity index (χ0v) is 13.5. The van der Waals surface area contributed by atoms with Gasteiger partial charge in [-0.3, -0.25) is 0 Å². The third-order valence-electron chi connectivity index (χ3n) is 3.59. The van der Waals surface area contributed by atoms with Crippen LogP contribution in [-0.2, 0) is 0 Å². The third-order valence-corrected chi connectivity index (χ3v) is 3.59. The van der Waals surface area contributed by atoms with E-state index in [-0.39, 0.29) is 12.8 Å². The number of benzene rings is 2. The first kappa shape index (κ1) is 15.9. The average Bonchev–Trinajstić information content (AvgIpc) is 2.47. The SMILES string of the molecule is Cc1ccc(C)c(NC(=O)NCOc2ccc(C)c(C)c2)c1. The number of hydrogen-bond acceptors (Lipinski definition) is 2. The first-order chi connectivity index (χ1) is 10.5. The summed E-state index contributed by atoms with van der Waals surface area (Å²) >= 11 is 0. The molecule has 0 saturated carbocycles. The molecule has 0 fully saturated rings. The summed E-state index contributed by atoms with van der Waals surface area (Å²) in [5.41, 5.74) is 5.32. The lowest BCUT2D eigenvalue weighted by molar-refractivity contribution is 0.234. The van der Waals surface area contributed by atoms with Gasteiger partial charge in [-0.1, -0.05) is 18.2 Å². The maximum Gasteiger partial charge on any atom is 0.321 e. The summed E-state index contributed by atoms with van der Waals surface area (Å²) in [7, 11) is 0. The van der Waals surface area contributed by atoms with Crippen LogP contribution in [-0.4, -0.2) is 12.8 Å². The number of urea groups is 1. The molecule has 0 aliphatic rings. The van der Waals surface area contributed by atoms with Gasteiger partial charge in [0.05, 0.1) is 0 Å².